The Bertz CT molecular complexity index is 2550. The molecule has 0 bridgehead atoms. The first kappa shape index (κ1) is 35.4. The van der Waals surface area contributed by atoms with E-state index < -0.39 is 0 Å². The van der Waals surface area contributed by atoms with Crippen molar-refractivity contribution in [3.63, 3.8) is 0 Å². The molecular formula is C49H39B4N3O2. The first-order valence-corrected chi connectivity index (χ1v) is 20.0. The van der Waals surface area contributed by atoms with Crippen LogP contribution >= 0.6 is 0 Å². The van der Waals surface area contributed by atoms with Gasteiger partial charge in [-0.15, -0.1) is 0 Å². The molecule has 0 saturated carbocycles. The second kappa shape index (κ2) is 15.5. The number of anilines is 3. The Morgan fingerprint density at radius 2 is 0.793 bits per heavy atom. The number of hydrogen-bond donors (Lipinski definition) is 0. The zero-order chi connectivity index (χ0) is 38.8. The molecule has 2 aliphatic rings. The van der Waals surface area contributed by atoms with Crippen LogP contribution in [0.4, 0.5) is 17.1 Å². The average Bonchev–Trinajstić information content (AvgIpc) is 3.45. The van der Waals surface area contributed by atoms with Crippen LogP contribution in [0.1, 0.15) is 0 Å². The monoisotopic (exact) mass is 745 g/mol. The summed E-state index contributed by atoms with van der Waals surface area (Å²) in [7, 11) is 0. The lowest BCUT2D eigenvalue weighted by atomic mass is 9.37. The molecule has 10 rings (SSSR count). The van der Waals surface area contributed by atoms with Gasteiger partial charge in [-0.05, 0) is 77.3 Å². The third kappa shape index (κ3) is 6.49. The minimum atomic E-state index is -0.237. The molecular weight excluding hydrogens is 706 g/mol. The third-order valence-corrected chi connectivity index (χ3v) is 11.3. The van der Waals surface area contributed by atoms with Gasteiger partial charge in [0.15, 0.2) is 5.75 Å². The smallest absolute Gasteiger partial charge is 0.392 e. The number of ether oxygens (including phenoxy) is 1. The van der Waals surface area contributed by atoms with E-state index in [1.54, 1.807) is 0 Å². The largest absolute Gasteiger partial charge is 0.553 e. The number of fused-ring (bicyclic) bond motifs is 2. The second-order valence-electron chi connectivity index (χ2n) is 14.8. The molecule has 0 aromatic heterocycles. The Balaban J connectivity index is 1.25. The second-order valence-corrected chi connectivity index (χ2v) is 14.8. The fraction of sp³-hybridized carbons (Fsp3) is 0.0204. The summed E-state index contributed by atoms with van der Waals surface area (Å²) >= 11 is 0. The maximum Gasteiger partial charge on any atom is 0.392 e. The predicted molar refractivity (Wildman–Crippen MR) is 246 cm³/mol. The fourth-order valence-electron chi connectivity index (χ4n) is 8.74. The number of rotatable bonds is 7. The van der Waals surface area contributed by atoms with Crippen molar-refractivity contribution in [3.8, 4) is 28.4 Å². The molecule has 2 heterocycles. The van der Waals surface area contributed by atoms with Crippen LogP contribution in [-0.4, -0.2) is 27.9 Å². The third-order valence-electron chi connectivity index (χ3n) is 11.3. The average molecular weight is 745 g/mol. The van der Waals surface area contributed by atoms with Gasteiger partial charge in [0.25, 0.3) is 0 Å². The Kier molecular flexibility index (Phi) is 9.48. The van der Waals surface area contributed by atoms with E-state index in [0.29, 0.717) is 5.75 Å². The van der Waals surface area contributed by atoms with E-state index in [-0.39, 0.29) is 27.9 Å². The van der Waals surface area contributed by atoms with E-state index in [4.69, 9.17) is 9.39 Å². The minimum absolute atomic E-state index is 0.192. The van der Waals surface area contributed by atoms with Crippen LogP contribution in [0.2, 0.25) is 6.82 Å². The van der Waals surface area contributed by atoms with Crippen LogP contribution in [0.15, 0.2) is 218 Å². The maximum atomic E-state index is 6.78. The van der Waals surface area contributed by atoms with Crippen LogP contribution in [-0.2, 0) is 0 Å². The molecule has 8 aromatic rings. The van der Waals surface area contributed by atoms with Gasteiger partial charge >= 0.3 is 27.9 Å². The number of nitrogens with zero attached hydrogens (tertiary/aromatic N) is 3. The lowest BCUT2D eigenvalue weighted by Gasteiger charge is -2.57. The zero-order valence-corrected chi connectivity index (χ0v) is 32.3. The standard InChI is InChI=1S/C49H39B4N3O2/c1-50-46-34-20-33-45(49(46)57-47-35-17-18-36-48(47)58-50)38-21-19-32-44(37-38)56-52(40-24-9-3-10-25-40)54(42-28-13-5-14-29-42)51(39-22-7-2-8-23-39)55(43-30-15-6-16-31-43)53(56)41-26-11-4-12-27-41/h2-37H,1H3. The highest BCUT2D eigenvalue weighted by atomic mass is 16.5. The summed E-state index contributed by atoms with van der Waals surface area (Å²) < 4.78 is 21.0. The van der Waals surface area contributed by atoms with Crippen molar-refractivity contribution in [1.82, 2.24) is 0 Å². The van der Waals surface area contributed by atoms with Gasteiger partial charge in [-0.3, -0.25) is 0 Å². The van der Waals surface area contributed by atoms with Crippen molar-refractivity contribution < 1.29 is 9.39 Å². The number of hydrogen-bond acceptors (Lipinski definition) is 5. The van der Waals surface area contributed by atoms with Gasteiger partial charge in [-0.2, -0.15) is 0 Å². The van der Waals surface area contributed by atoms with Crippen molar-refractivity contribution >= 4 is 66.8 Å². The van der Waals surface area contributed by atoms with E-state index in [2.05, 4.69) is 215 Å². The highest BCUT2D eigenvalue weighted by molar-refractivity contribution is 7.14. The summed E-state index contributed by atoms with van der Waals surface area (Å²) in [4.78, 5) is 0. The molecule has 0 unspecified atom stereocenters. The van der Waals surface area contributed by atoms with Gasteiger partial charge < -0.3 is 23.6 Å². The quantitative estimate of drug-likeness (QED) is 0.153. The molecule has 0 radical (unpaired) electrons. The van der Waals surface area contributed by atoms with Crippen LogP contribution in [0.5, 0.6) is 17.2 Å². The van der Waals surface area contributed by atoms with E-state index >= 15 is 0 Å². The van der Waals surface area contributed by atoms with Gasteiger partial charge in [-0.25, -0.2) is 0 Å². The van der Waals surface area contributed by atoms with E-state index in [1.165, 1.54) is 16.4 Å². The summed E-state index contributed by atoms with van der Waals surface area (Å²) in [6.07, 6.45) is 0. The molecule has 0 amide bonds. The zero-order valence-electron chi connectivity index (χ0n) is 32.3. The molecule has 8 aromatic carbocycles. The Morgan fingerprint density at radius 1 is 0.379 bits per heavy atom. The van der Waals surface area contributed by atoms with Gasteiger partial charge in [0.05, 0.1) is 0 Å². The summed E-state index contributed by atoms with van der Waals surface area (Å²) in [6.45, 7) is 1.23. The number of para-hydroxylation sites is 5. The highest BCUT2D eigenvalue weighted by Gasteiger charge is 2.55. The summed E-state index contributed by atoms with van der Waals surface area (Å²) in [5.74, 6) is 2.27. The van der Waals surface area contributed by atoms with Crippen molar-refractivity contribution in [2.75, 3.05) is 14.2 Å². The Labute approximate surface area is 342 Å². The predicted octanol–water partition coefficient (Wildman–Crippen LogP) is 8.39. The first-order chi connectivity index (χ1) is 28.7. The van der Waals surface area contributed by atoms with Gasteiger partial charge in [0.1, 0.15) is 11.5 Å². The Morgan fingerprint density at radius 3 is 1.31 bits per heavy atom. The van der Waals surface area contributed by atoms with Crippen molar-refractivity contribution in [2.45, 2.75) is 6.82 Å². The molecule has 0 atom stereocenters. The molecule has 1 fully saturated rings. The normalized spacial score (nSPS) is 13.6. The molecule has 2 aliphatic heterocycles. The molecule has 9 heteroatoms. The van der Waals surface area contributed by atoms with E-state index in [1.807, 2.05) is 24.3 Å². The molecule has 58 heavy (non-hydrogen) atoms. The summed E-state index contributed by atoms with van der Waals surface area (Å²) in [5.41, 5.74) is 9.96. The minimum Gasteiger partial charge on any atom is -0.553 e. The lowest BCUT2D eigenvalue weighted by molar-refractivity contribution is 0.466. The summed E-state index contributed by atoms with van der Waals surface area (Å²) in [6, 6.07) is 77.9. The van der Waals surface area contributed by atoms with Crippen LogP contribution in [0.3, 0.4) is 0 Å². The molecule has 0 aliphatic carbocycles. The van der Waals surface area contributed by atoms with Crippen LogP contribution < -0.4 is 45.4 Å². The molecule has 5 nitrogen and oxygen atoms in total. The molecule has 0 N–H and O–H groups in total. The summed E-state index contributed by atoms with van der Waals surface area (Å²) in [5, 5.41) is 0. The first-order valence-electron chi connectivity index (χ1n) is 20.0. The molecule has 1 saturated heterocycles. The van der Waals surface area contributed by atoms with Crippen molar-refractivity contribution in [2.24, 2.45) is 0 Å². The Hall–Kier alpha value is -6.98. The molecule has 274 valence electrons. The van der Waals surface area contributed by atoms with Crippen LogP contribution in [0, 0.1) is 0 Å². The van der Waals surface area contributed by atoms with Gasteiger partial charge in [-0.1, -0.05) is 170 Å². The van der Waals surface area contributed by atoms with E-state index in [9.17, 15) is 0 Å². The van der Waals surface area contributed by atoms with E-state index in [0.717, 1.165) is 45.2 Å². The fourth-order valence-corrected chi connectivity index (χ4v) is 8.74. The lowest BCUT2D eigenvalue weighted by Crippen LogP contribution is -2.86. The van der Waals surface area contributed by atoms with Crippen LogP contribution in [0.25, 0.3) is 11.1 Å². The SMILES string of the molecule is CB1Oc2ccccc2Oc2c1cccc2-c1cccc(N2B(c3ccccc3)N(c3ccccc3)B(c3ccccc3)N(c3ccccc3)B2c2ccccc2)c1. The number of benzene rings is 8. The van der Waals surface area contributed by atoms with Crippen molar-refractivity contribution in [3.05, 3.63) is 218 Å². The van der Waals surface area contributed by atoms with Gasteiger partial charge in [0, 0.05) is 28.1 Å². The molecule has 0 spiro atoms. The topological polar surface area (TPSA) is 28.2 Å². The maximum absolute atomic E-state index is 6.78. The van der Waals surface area contributed by atoms with Gasteiger partial charge in [0.2, 0.25) is 0 Å². The van der Waals surface area contributed by atoms with Crippen molar-refractivity contribution in [1.29, 1.82) is 0 Å². The highest BCUT2D eigenvalue weighted by Crippen LogP contribution is 2.41.